The number of nitrogens with zero attached hydrogens (tertiary/aromatic N) is 4. The van der Waals surface area contributed by atoms with Crippen molar-refractivity contribution < 1.29 is 0 Å². The van der Waals surface area contributed by atoms with Crippen LogP contribution < -0.4 is 0 Å². The summed E-state index contributed by atoms with van der Waals surface area (Å²) in [6.07, 6.45) is 3.79. The van der Waals surface area contributed by atoms with Gasteiger partial charge in [-0.05, 0) is 29.2 Å². The van der Waals surface area contributed by atoms with Crippen LogP contribution >= 0.6 is 0 Å². The molecule has 0 saturated carbocycles. The van der Waals surface area contributed by atoms with Gasteiger partial charge in [-0.25, -0.2) is 9.50 Å². The Morgan fingerprint density at radius 3 is 2.58 bits per heavy atom. The van der Waals surface area contributed by atoms with Gasteiger partial charge in [0.25, 0.3) is 0 Å². The number of hydrogen-bond acceptors (Lipinski definition) is 3. The highest BCUT2D eigenvalue weighted by Gasteiger charge is 2.15. The third-order valence-corrected chi connectivity index (χ3v) is 3.09. The molecule has 0 radical (unpaired) electrons. The van der Waals surface area contributed by atoms with Gasteiger partial charge in [0.2, 0.25) is 5.82 Å². The summed E-state index contributed by atoms with van der Waals surface area (Å²) in [6, 6.07) is 9.84. The summed E-state index contributed by atoms with van der Waals surface area (Å²) in [6.45, 7) is 6.56. The summed E-state index contributed by atoms with van der Waals surface area (Å²) in [7, 11) is 0. The fraction of sp³-hybridized carbons (Fsp3) is 0.267. The Kier molecular flexibility index (Phi) is 2.59. The SMILES string of the molecule is CC(C)(C)c1ccc2nc(-c3ccccn3)nn2c1. The quantitative estimate of drug-likeness (QED) is 0.668. The van der Waals surface area contributed by atoms with E-state index in [2.05, 4.69) is 41.9 Å². The first-order chi connectivity index (χ1) is 9.04. The lowest BCUT2D eigenvalue weighted by atomic mass is 9.88. The van der Waals surface area contributed by atoms with Crippen molar-refractivity contribution in [3.63, 3.8) is 0 Å². The average Bonchev–Trinajstić information content (AvgIpc) is 2.81. The standard InChI is InChI=1S/C15H16N4/c1-15(2,3)11-7-8-13-17-14(18-19(13)10-11)12-6-4-5-9-16-12/h4-10H,1-3H3. The second-order valence-corrected chi connectivity index (χ2v) is 5.62. The van der Waals surface area contributed by atoms with Crippen LogP contribution in [-0.4, -0.2) is 19.6 Å². The van der Waals surface area contributed by atoms with Crippen LogP contribution in [0.1, 0.15) is 26.3 Å². The van der Waals surface area contributed by atoms with Crippen molar-refractivity contribution >= 4 is 5.65 Å². The van der Waals surface area contributed by atoms with Gasteiger partial charge in [-0.3, -0.25) is 4.98 Å². The number of pyridine rings is 2. The molecule has 0 N–H and O–H groups in total. The normalized spacial score (nSPS) is 11.9. The van der Waals surface area contributed by atoms with Crippen LogP contribution in [0.25, 0.3) is 17.2 Å². The van der Waals surface area contributed by atoms with Gasteiger partial charge in [-0.1, -0.05) is 32.9 Å². The molecule has 3 aromatic rings. The molecular weight excluding hydrogens is 236 g/mol. The first kappa shape index (κ1) is 11.8. The Labute approximate surface area is 112 Å². The van der Waals surface area contributed by atoms with E-state index in [9.17, 15) is 0 Å². The molecule has 0 fully saturated rings. The second kappa shape index (κ2) is 4.16. The second-order valence-electron chi connectivity index (χ2n) is 5.62. The molecule has 0 spiro atoms. The van der Waals surface area contributed by atoms with Crippen molar-refractivity contribution in [1.82, 2.24) is 19.6 Å². The molecule has 0 saturated heterocycles. The van der Waals surface area contributed by atoms with E-state index in [1.165, 1.54) is 5.56 Å². The maximum absolute atomic E-state index is 4.50. The van der Waals surface area contributed by atoms with Gasteiger partial charge in [0, 0.05) is 12.4 Å². The third kappa shape index (κ3) is 2.21. The molecule has 0 aliphatic carbocycles. The van der Waals surface area contributed by atoms with Crippen molar-refractivity contribution in [2.24, 2.45) is 0 Å². The number of rotatable bonds is 1. The van der Waals surface area contributed by atoms with Crippen LogP contribution in [0, 0.1) is 0 Å². The minimum absolute atomic E-state index is 0.102. The minimum Gasteiger partial charge on any atom is -0.253 e. The number of fused-ring (bicyclic) bond motifs is 1. The fourth-order valence-electron chi connectivity index (χ4n) is 1.93. The summed E-state index contributed by atoms with van der Waals surface area (Å²) in [5, 5.41) is 4.50. The van der Waals surface area contributed by atoms with Crippen LogP contribution in [0.2, 0.25) is 0 Å². The molecule has 0 bridgehead atoms. The molecule has 19 heavy (non-hydrogen) atoms. The summed E-state index contributed by atoms with van der Waals surface area (Å²) >= 11 is 0. The van der Waals surface area contributed by atoms with E-state index in [1.807, 2.05) is 35.0 Å². The Morgan fingerprint density at radius 2 is 1.89 bits per heavy atom. The Hall–Kier alpha value is -2.23. The van der Waals surface area contributed by atoms with Crippen molar-refractivity contribution in [2.45, 2.75) is 26.2 Å². The van der Waals surface area contributed by atoms with E-state index in [4.69, 9.17) is 0 Å². The molecule has 0 atom stereocenters. The Bertz CT molecular complexity index is 708. The van der Waals surface area contributed by atoms with Crippen LogP contribution in [0.5, 0.6) is 0 Å². The molecule has 0 amide bonds. The fourth-order valence-corrected chi connectivity index (χ4v) is 1.93. The Morgan fingerprint density at radius 1 is 1.05 bits per heavy atom. The van der Waals surface area contributed by atoms with E-state index in [-0.39, 0.29) is 5.41 Å². The molecule has 0 unspecified atom stereocenters. The van der Waals surface area contributed by atoms with E-state index in [1.54, 1.807) is 6.20 Å². The van der Waals surface area contributed by atoms with Gasteiger partial charge in [0.15, 0.2) is 5.65 Å². The highest BCUT2D eigenvalue weighted by Crippen LogP contribution is 2.22. The van der Waals surface area contributed by atoms with Gasteiger partial charge < -0.3 is 0 Å². The lowest BCUT2D eigenvalue weighted by Gasteiger charge is -2.18. The zero-order valence-electron chi connectivity index (χ0n) is 11.3. The maximum Gasteiger partial charge on any atom is 0.200 e. The van der Waals surface area contributed by atoms with E-state index in [0.29, 0.717) is 5.82 Å². The summed E-state index contributed by atoms with van der Waals surface area (Å²) in [5.74, 6) is 0.659. The monoisotopic (exact) mass is 252 g/mol. The van der Waals surface area contributed by atoms with Crippen LogP contribution in [0.15, 0.2) is 42.7 Å². The third-order valence-electron chi connectivity index (χ3n) is 3.09. The molecule has 0 aliphatic rings. The predicted octanol–water partition coefficient (Wildman–Crippen LogP) is 3.09. The molecule has 96 valence electrons. The van der Waals surface area contributed by atoms with Gasteiger partial charge in [-0.2, -0.15) is 0 Å². The van der Waals surface area contributed by atoms with Crippen molar-refractivity contribution in [2.75, 3.05) is 0 Å². The minimum atomic E-state index is 0.102. The van der Waals surface area contributed by atoms with Crippen molar-refractivity contribution in [1.29, 1.82) is 0 Å². The van der Waals surface area contributed by atoms with Gasteiger partial charge in [-0.15, -0.1) is 5.10 Å². The highest BCUT2D eigenvalue weighted by atomic mass is 15.3. The number of hydrogen-bond donors (Lipinski definition) is 0. The van der Waals surface area contributed by atoms with Crippen LogP contribution in [-0.2, 0) is 5.41 Å². The van der Waals surface area contributed by atoms with Gasteiger partial charge >= 0.3 is 0 Å². The zero-order valence-corrected chi connectivity index (χ0v) is 11.3. The maximum atomic E-state index is 4.50. The lowest BCUT2D eigenvalue weighted by molar-refractivity contribution is 0.584. The van der Waals surface area contributed by atoms with E-state index < -0.39 is 0 Å². The largest absolute Gasteiger partial charge is 0.253 e. The van der Waals surface area contributed by atoms with Gasteiger partial charge in [0.1, 0.15) is 5.69 Å². The molecule has 4 heteroatoms. The molecule has 3 heterocycles. The number of aromatic nitrogens is 4. The van der Waals surface area contributed by atoms with Crippen LogP contribution in [0.3, 0.4) is 0 Å². The molecule has 0 aliphatic heterocycles. The topological polar surface area (TPSA) is 43.1 Å². The lowest BCUT2D eigenvalue weighted by Crippen LogP contribution is -2.12. The predicted molar refractivity (Wildman–Crippen MR) is 74.9 cm³/mol. The molecule has 3 aromatic heterocycles. The highest BCUT2D eigenvalue weighted by molar-refractivity contribution is 5.53. The average molecular weight is 252 g/mol. The van der Waals surface area contributed by atoms with E-state index >= 15 is 0 Å². The van der Waals surface area contributed by atoms with E-state index in [0.717, 1.165) is 11.3 Å². The van der Waals surface area contributed by atoms with Gasteiger partial charge in [0.05, 0.1) is 0 Å². The smallest absolute Gasteiger partial charge is 0.200 e. The first-order valence-corrected chi connectivity index (χ1v) is 6.32. The molecule has 0 aromatic carbocycles. The zero-order chi connectivity index (χ0) is 13.5. The van der Waals surface area contributed by atoms with Crippen molar-refractivity contribution in [3.05, 3.63) is 48.3 Å². The molecule has 3 rings (SSSR count). The molecule has 4 nitrogen and oxygen atoms in total. The van der Waals surface area contributed by atoms with Crippen LogP contribution in [0.4, 0.5) is 0 Å². The Balaban J connectivity index is 2.12. The molecular formula is C15H16N4. The summed E-state index contributed by atoms with van der Waals surface area (Å²) in [5.41, 5.74) is 2.97. The van der Waals surface area contributed by atoms with Crippen molar-refractivity contribution in [3.8, 4) is 11.5 Å². The summed E-state index contributed by atoms with van der Waals surface area (Å²) in [4.78, 5) is 8.77. The first-order valence-electron chi connectivity index (χ1n) is 6.32. The summed E-state index contributed by atoms with van der Waals surface area (Å²) < 4.78 is 1.82.